The molecule has 0 bridgehead atoms. The van der Waals surface area contributed by atoms with Gasteiger partial charge >= 0.3 is 0 Å². The molecule has 0 atom stereocenters. The van der Waals surface area contributed by atoms with E-state index in [1.807, 2.05) is 13.8 Å². The third-order valence-electron chi connectivity index (χ3n) is 1.32. The lowest BCUT2D eigenvalue weighted by molar-refractivity contribution is 0.421. The van der Waals surface area contributed by atoms with E-state index in [0.29, 0.717) is 0 Å². The largest absolute Gasteiger partial charge is 0.505 e. The Balaban J connectivity index is 0.000000561. The first kappa shape index (κ1) is 10.9. The average Bonchev–Trinajstić information content (AvgIpc) is 2.12. The van der Waals surface area contributed by atoms with Gasteiger partial charge in [0.25, 0.3) is 0 Å². The van der Waals surface area contributed by atoms with Crippen LogP contribution >= 0.6 is 0 Å². The molecule has 1 nitrogen and oxygen atoms in total. The van der Waals surface area contributed by atoms with E-state index >= 15 is 0 Å². The van der Waals surface area contributed by atoms with Gasteiger partial charge in [0.15, 0.2) is 11.6 Å². The van der Waals surface area contributed by atoms with Crippen LogP contribution in [0.1, 0.15) is 19.4 Å². The maximum Gasteiger partial charge on any atom is 0.165 e. The number of benzene rings is 1. The molecule has 0 aliphatic heterocycles. The van der Waals surface area contributed by atoms with Crippen LogP contribution in [0, 0.1) is 18.6 Å². The van der Waals surface area contributed by atoms with Crippen molar-refractivity contribution in [3.63, 3.8) is 0 Å². The molecule has 0 amide bonds. The zero-order valence-corrected chi connectivity index (χ0v) is 7.36. The van der Waals surface area contributed by atoms with E-state index in [4.69, 9.17) is 5.11 Å². The van der Waals surface area contributed by atoms with Crippen molar-refractivity contribution in [3.8, 4) is 5.75 Å². The molecule has 0 heterocycles. The maximum atomic E-state index is 12.4. The molecule has 68 valence electrons. The molecule has 1 aromatic rings. The predicted molar refractivity (Wildman–Crippen MR) is 44.1 cm³/mol. The highest BCUT2D eigenvalue weighted by atomic mass is 19.1. The van der Waals surface area contributed by atoms with Gasteiger partial charge in [-0.25, -0.2) is 8.78 Å². The molecular formula is C9H12F2O. The summed E-state index contributed by atoms with van der Waals surface area (Å²) >= 11 is 0. The van der Waals surface area contributed by atoms with Gasteiger partial charge in [0.2, 0.25) is 0 Å². The van der Waals surface area contributed by atoms with Crippen LogP contribution in [0.2, 0.25) is 0 Å². The van der Waals surface area contributed by atoms with Crippen LogP contribution in [0.25, 0.3) is 0 Å². The fraction of sp³-hybridized carbons (Fsp3) is 0.333. The van der Waals surface area contributed by atoms with Crippen molar-refractivity contribution in [3.05, 3.63) is 29.3 Å². The van der Waals surface area contributed by atoms with E-state index < -0.39 is 17.4 Å². The fourth-order valence-corrected chi connectivity index (χ4v) is 0.642. The molecular weight excluding hydrogens is 162 g/mol. The van der Waals surface area contributed by atoms with Gasteiger partial charge in [-0.3, -0.25) is 0 Å². The lowest BCUT2D eigenvalue weighted by atomic mass is 10.2. The number of hydrogen-bond acceptors (Lipinski definition) is 1. The molecule has 0 saturated carbocycles. The zero-order chi connectivity index (χ0) is 9.72. The summed E-state index contributed by atoms with van der Waals surface area (Å²) in [6.45, 7) is 5.31. The van der Waals surface area contributed by atoms with Crippen molar-refractivity contribution < 1.29 is 13.9 Å². The Hall–Kier alpha value is -1.12. The summed E-state index contributed by atoms with van der Waals surface area (Å²) in [4.78, 5) is 0. The number of halogens is 2. The van der Waals surface area contributed by atoms with E-state index in [0.717, 1.165) is 12.1 Å². The molecule has 3 heteroatoms. The molecule has 0 saturated heterocycles. The predicted octanol–water partition coefficient (Wildman–Crippen LogP) is 3.01. The highest BCUT2D eigenvalue weighted by molar-refractivity contribution is 5.33. The normalized spacial score (nSPS) is 8.75. The first-order chi connectivity index (χ1) is 5.63. The molecule has 0 radical (unpaired) electrons. The standard InChI is InChI=1S/C7H6F2O.C2H6/c1-4-5(8)2-3-6(9)7(4)10;1-2/h2-3,10H,1H3;1-2H3. The third kappa shape index (κ3) is 2.19. The molecule has 1 N–H and O–H groups in total. The van der Waals surface area contributed by atoms with Gasteiger partial charge in [-0.1, -0.05) is 13.8 Å². The van der Waals surface area contributed by atoms with E-state index in [1.165, 1.54) is 6.92 Å². The monoisotopic (exact) mass is 174 g/mol. The van der Waals surface area contributed by atoms with Gasteiger partial charge in [0, 0.05) is 5.56 Å². The maximum absolute atomic E-state index is 12.4. The molecule has 0 aliphatic carbocycles. The van der Waals surface area contributed by atoms with Crippen molar-refractivity contribution >= 4 is 0 Å². The summed E-state index contributed by atoms with van der Waals surface area (Å²) < 4.78 is 24.8. The summed E-state index contributed by atoms with van der Waals surface area (Å²) in [5.41, 5.74) is -0.0556. The van der Waals surface area contributed by atoms with Crippen LogP contribution in [-0.4, -0.2) is 5.11 Å². The van der Waals surface area contributed by atoms with Crippen LogP contribution in [0.5, 0.6) is 5.75 Å². The molecule has 12 heavy (non-hydrogen) atoms. The van der Waals surface area contributed by atoms with Gasteiger partial charge < -0.3 is 5.11 Å². The minimum absolute atomic E-state index is 0.0556. The van der Waals surface area contributed by atoms with Gasteiger partial charge in [-0.15, -0.1) is 0 Å². The molecule has 0 aliphatic rings. The smallest absolute Gasteiger partial charge is 0.165 e. The van der Waals surface area contributed by atoms with Crippen LogP contribution in [-0.2, 0) is 0 Å². The van der Waals surface area contributed by atoms with E-state index in [1.54, 1.807) is 0 Å². The van der Waals surface area contributed by atoms with Crippen molar-refractivity contribution in [1.29, 1.82) is 0 Å². The second-order valence-electron chi connectivity index (χ2n) is 2.00. The number of aromatic hydroxyl groups is 1. The van der Waals surface area contributed by atoms with E-state index in [2.05, 4.69) is 0 Å². The summed E-state index contributed by atoms with van der Waals surface area (Å²) in [6.07, 6.45) is 0. The summed E-state index contributed by atoms with van der Waals surface area (Å²) in [5, 5.41) is 8.77. The van der Waals surface area contributed by atoms with E-state index in [-0.39, 0.29) is 5.56 Å². The Labute approximate surface area is 70.7 Å². The van der Waals surface area contributed by atoms with E-state index in [9.17, 15) is 8.78 Å². The van der Waals surface area contributed by atoms with Crippen molar-refractivity contribution in [2.24, 2.45) is 0 Å². The van der Waals surface area contributed by atoms with Gasteiger partial charge in [0.1, 0.15) is 5.82 Å². The highest BCUT2D eigenvalue weighted by Crippen LogP contribution is 2.21. The Bertz CT molecular complexity index is 232. The summed E-state index contributed by atoms with van der Waals surface area (Å²) in [5.74, 6) is -2.00. The van der Waals surface area contributed by atoms with Crippen molar-refractivity contribution in [2.45, 2.75) is 20.8 Å². The number of phenols is 1. The second-order valence-corrected chi connectivity index (χ2v) is 2.00. The SMILES string of the molecule is CC.Cc1c(F)ccc(F)c1O. The van der Waals surface area contributed by atoms with Crippen LogP contribution in [0.3, 0.4) is 0 Å². The Kier molecular flexibility index (Phi) is 4.26. The molecule has 0 fully saturated rings. The van der Waals surface area contributed by atoms with Crippen LogP contribution < -0.4 is 0 Å². The minimum Gasteiger partial charge on any atom is -0.505 e. The highest BCUT2D eigenvalue weighted by Gasteiger charge is 2.06. The molecule has 0 spiro atoms. The Morgan fingerprint density at radius 3 is 1.92 bits per heavy atom. The van der Waals surface area contributed by atoms with Gasteiger partial charge in [-0.05, 0) is 19.1 Å². The van der Waals surface area contributed by atoms with Crippen LogP contribution in [0.15, 0.2) is 12.1 Å². The number of rotatable bonds is 0. The molecule has 0 unspecified atom stereocenters. The Morgan fingerprint density at radius 1 is 1.08 bits per heavy atom. The summed E-state index contributed by atoms with van der Waals surface area (Å²) in [6, 6.07) is 1.86. The van der Waals surface area contributed by atoms with Gasteiger partial charge in [0.05, 0.1) is 0 Å². The topological polar surface area (TPSA) is 20.2 Å². The average molecular weight is 174 g/mol. The first-order valence-corrected chi connectivity index (χ1v) is 3.76. The van der Waals surface area contributed by atoms with Gasteiger partial charge in [-0.2, -0.15) is 0 Å². The lowest BCUT2D eigenvalue weighted by Crippen LogP contribution is -1.85. The second kappa shape index (κ2) is 4.70. The number of phenolic OH excluding ortho intramolecular Hbond substituents is 1. The molecule has 1 rings (SSSR count). The number of hydrogen-bond donors (Lipinski definition) is 1. The van der Waals surface area contributed by atoms with Crippen LogP contribution in [0.4, 0.5) is 8.78 Å². The van der Waals surface area contributed by atoms with Crippen molar-refractivity contribution in [1.82, 2.24) is 0 Å². The first-order valence-electron chi connectivity index (χ1n) is 3.76. The lowest BCUT2D eigenvalue weighted by Gasteiger charge is -1.99. The fourth-order valence-electron chi connectivity index (χ4n) is 0.642. The van der Waals surface area contributed by atoms with Crippen molar-refractivity contribution in [2.75, 3.05) is 0 Å². The third-order valence-corrected chi connectivity index (χ3v) is 1.32. The quantitative estimate of drug-likeness (QED) is 0.641. The minimum atomic E-state index is -0.793. The Morgan fingerprint density at radius 2 is 1.50 bits per heavy atom. The molecule has 0 aromatic heterocycles. The molecule has 1 aromatic carbocycles. The summed E-state index contributed by atoms with van der Waals surface area (Å²) in [7, 11) is 0. The zero-order valence-electron chi connectivity index (χ0n) is 7.36.